The smallest absolute Gasteiger partial charge is 0.252 e. The van der Waals surface area contributed by atoms with E-state index < -0.39 is 21.0 Å². The van der Waals surface area contributed by atoms with Crippen molar-refractivity contribution < 1.29 is 28.7 Å². The van der Waals surface area contributed by atoms with Crippen LogP contribution in [0.2, 0.25) is 0 Å². The third-order valence-corrected chi connectivity index (χ3v) is 5.63. The van der Waals surface area contributed by atoms with Crippen LogP contribution < -0.4 is 9.47 Å². The van der Waals surface area contributed by atoms with Crippen molar-refractivity contribution in [3.05, 3.63) is 119 Å². The average Bonchev–Trinajstić information content (AvgIpc) is 2.90. The van der Waals surface area contributed by atoms with Crippen LogP contribution in [0.15, 0.2) is 97.1 Å². The van der Waals surface area contributed by atoms with Gasteiger partial charge in [0, 0.05) is 22.3 Å². The minimum atomic E-state index is -0.560. The molecule has 0 unspecified atom stereocenters. The molecule has 4 aromatic rings. The molecule has 0 aliphatic heterocycles. The average molecular weight is 590 g/mol. The number of hydrogen-bond donors (Lipinski definition) is 0. The molecule has 0 saturated carbocycles. The first-order valence-corrected chi connectivity index (χ1v) is 12.2. The summed E-state index contributed by atoms with van der Waals surface area (Å²) in [5, 5.41) is -2.15. The molecule has 0 spiro atoms. The van der Waals surface area contributed by atoms with E-state index in [1.807, 2.05) is 0 Å². The number of carbonyl (C=O) groups is 4. The third kappa shape index (κ3) is 8.71. The van der Waals surface area contributed by atoms with Gasteiger partial charge in [0.25, 0.3) is 21.0 Å². The molecule has 0 bridgehead atoms. The fourth-order valence-electron chi connectivity index (χ4n) is 2.94. The lowest BCUT2D eigenvalue weighted by Crippen LogP contribution is -1.92. The van der Waals surface area contributed by atoms with Gasteiger partial charge in [-0.1, -0.05) is 12.1 Å². The highest BCUT2D eigenvalue weighted by Gasteiger charge is 2.07. The van der Waals surface area contributed by atoms with Gasteiger partial charge in [-0.05, 0) is 131 Å². The van der Waals surface area contributed by atoms with Crippen LogP contribution >= 0.6 is 46.4 Å². The molecule has 192 valence electrons. The van der Waals surface area contributed by atoms with E-state index in [1.54, 1.807) is 84.9 Å². The van der Waals surface area contributed by atoms with Crippen LogP contribution in [0.1, 0.15) is 41.4 Å². The van der Waals surface area contributed by atoms with Crippen molar-refractivity contribution in [1.29, 1.82) is 0 Å². The van der Waals surface area contributed by atoms with Crippen molar-refractivity contribution in [2.24, 2.45) is 0 Å². The van der Waals surface area contributed by atoms with E-state index in [1.165, 1.54) is 12.1 Å². The highest BCUT2D eigenvalue weighted by Crippen LogP contribution is 2.25. The first kappa shape index (κ1) is 28.9. The van der Waals surface area contributed by atoms with E-state index in [4.69, 9.17) is 55.9 Å². The molecule has 38 heavy (non-hydrogen) atoms. The topological polar surface area (TPSA) is 86.7 Å². The zero-order valence-corrected chi connectivity index (χ0v) is 22.2. The van der Waals surface area contributed by atoms with Gasteiger partial charge >= 0.3 is 0 Å². The van der Waals surface area contributed by atoms with Crippen molar-refractivity contribution in [3.8, 4) is 23.0 Å². The van der Waals surface area contributed by atoms with E-state index >= 15 is 0 Å². The largest absolute Gasteiger partial charge is 0.457 e. The lowest BCUT2D eigenvalue weighted by molar-refractivity contribution is 0.107. The summed E-state index contributed by atoms with van der Waals surface area (Å²) in [5.41, 5.74) is 1.47. The van der Waals surface area contributed by atoms with Crippen LogP contribution in [0.5, 0.6) is 23.0 Å². The Kier molecular flexibility index (Phi) is 10.4. The maximum atomic E-state index is 11.0. The van der Waals surface area contributed by atoms with Gasteiger partial charge in [-0.3, -0.25) is 19.2 Å². The van der Waals surface area contributed by atoms with Gasteiger partial charge in [-0.2, -0.15) is 0 Å². The van der Waals surface area contributed by atoms with Gasteiger partial charge in [0.1, 0.15) is 23.0 Å². The second kappa shape index (κ2) is 13.7. The summed E-state index contributed by atoms with van der Waals surface area (Å²) in [5.74, 6) is 2.02. The van der Waals surface area contributed by atoms with E-state index in [0.717, 1.165) is 0 Å². The molecule has 0 aromatic heterocycles. The molecule has 0 N–H and O–H groups in total. The normalized spacial score (nSPS) is 10.0. The fourth-order valence-corrected chi connectivity index (χ4v) is 3.43. The fraction of sp³-hybridized carbons (Fsp3) is 0. The summed E-state index contributed by atoms with van der Waals surface area (Å²) in [6, 6.07) is 25.7. The van der Waals surface area contributed by atoms with Gasteiger partial charge in [0.05, 0.1) is 0 Å². The molecule has 0 saturated heterocycles. The lowest BCUT2D eigenvalue weighted by atomic mass is 10.2. The van der Waals surface area contributed by atoms with E-state index in [2.05, 4.69) is 0 Å². The van der Waals surface area contributed by atoms with Gasteiger partial charge in [-0.15, -0.1) is 0 Å². The molecule has 0 amide bonds. The van der Waals surface area contributed by atoms with Gasteiger partial charge in [0.2, 0.25) is 0 Å². The van der Waals surface area contributed by atoms with Crippen molar-refractivity contribution in [3.63, 3.8) is 0 Å². The van der Waals surface area contributed by atoms with E-state index in [0.29, 0.717) is 45.3 Å². The van der Waals surface area contributed by atoms with Crippen LogP contribution in [-0.4, -0.2) is 21.0 Å². The second-order valence-electron chi connectivity index (χ2n) is 7.40. The molecule has 4 rings (SSSR count). The van der Waals surface area contributed by atoms with Crippen LogP contribution in [0.4, 0.5) is 0 Å². The van der Waals surface area contributed by atoms with Crippen LogP contribution in [-0.2, 0) is 0 Å². The molecule has 0 aliphatic carbocycles. The van der Waals surface area contributed by atoms with Gasteiger partial charge < -0.3 is 9.47 Å². The Labute approximate surface area is 237 Å². The number of halogens is 4. The zero-order valence-electron chi connectivity index (χ0n) is 19.2. The third-order valence-electron chi connectivity index (χ3n) is 4.76. The molecule has 4 aromatic carbocycles. The van der Waals surface area contributed by atoms with Crippen LogP contribution in [0.3, 0.4) is 0 Å². The molecule has 0 atom stereocenters. The first-order valence-electron chi connectivity index (χ1n) is 10.7. The molecular weight excluding hydrogens is 574 g/mol. The van der Waals surface area contributed by atoms with Crippen molar-refractivity contribution >= 4 is 67.4 Å². The highest BCUT2D eigenvalue weighted by atomic mass is 35.5. The maximum absolute atomic E-state index is 11.0. The summed E-state index contributed by atoms with van der Waals surface area (Å²) in [4.78, 5) is 43.9. The van der Waals surface area contributed by atoms with Gasteiger partial charge in [0.15, 0.2) is 0 Å². The van der Waals surface area contributed by atoms with Crippen molar-refractivity contribution in [1.82, 2.24) is 0 Å². The van der Waals surface area contributed by atoms with Crippen LogP contribution in [0, 0.1) is 0 Å². The first-order chi connectivity index (χ1) is 18.1. The Bertz CT molecular complexity index is 1360. The molecular formula is C28H16Cl4O6. The molecule has 0 aliphatic rings. The molecule has 0 fully saturated rings. The van der Waals surface area contributed by atoms with Crippen molar-refractivity contribution in [2.45, 2.75) is 0 Å². The standard InChI is InChI=1S/2C14H8Cl2O3/c15-13(17)9-1-5-11(6-2-9)19-12-7-3-10(4-8-12)14(16)18;15-13(17)9-3-1-5-11(7-9)19-12-6-2-4-10(8-12)14(16)18/h2*1-8H. The second-order valence-corrected chi connectivity index (χ2v) is 8.78. The van der Waals surface area contributed by atoms with Crippen LogP contribution in [0.25, 0.3) is 0 Å². The number of carbonyl (C=O) groups excluding carboxylic acids is 4. The SMILES string of the molecule is O=C(Cl)c1ccc(Oc2ccc(C(=O)Cl)cc2)cc1.O=C(Cl)c1cccc(Oc2cccc(C(=O)Cl)c2)c1. The Balaban J connectivity index is 0.000000211. The summed E-state index contributed by atoms with van der Waals surface area (Å²) in [7, 11) is 0. The predicted molar refractivity (Wildman–Crippen MR) is 147 cm³/mol. The zero-order chi connectivity index (χ0) is 27.7. The number of rotatable bonds is 8. The van der Waals surface area contributed by atoms with Crippen molar-refractivity contribution in [2.75, 3.05) is 0 Å². The molecule has 0 radical (unpaired) electrons. The molecule has 6 nitrogen and oxygen atoms in total. The Hall–Kier alpha value is -3.68. The minimum absolute atomic E-state index is 0.337. The van der Waals surface area contributed by atoms with E-state index in [9.17, 15) is 19.2 Å². The summed E-state index contributed by atoms with van der Waals surface area (Å²) < 4.78 is 11.1. The monoisotopic (exact) mass is 588 g/mol. The summed E-state index contributed by atoms with van der Waals surface area (Å²) in [6.07, 6.45) is 0. The minimum Gasteiger partial charge on any atom is -0.457 e. The quantitative estimate of drug-likeness (QED) is 0.192. The molecule has 0 heterocycles. The predicted octanol–water partition coefficient (Wildman–Crippen LogP) is 8.47. The number of hydrogen-bond acceptors (Lipinski definition) is 6. The maximum Gasteiger partial charge on any atom is 0.252 e. The molecule has 10 heteroatoms. The summed E-state index contributed by atoms with van der Waals surface area (Å²) >= 11 is 21.5. The van der Waals surface area contributed by atoms with E-state index in [-0.39, 0.29) is 0 Å². The lowest BCUT2D eigenvalue weighted by Gasteiger charge is -2.07. The number of ether oxygens (including phenoxy) is 2. The summed E-state index contributed by atoms with van der Waals surface area (Å²) in [6.45, 7) is 0. The Morgan fingerprint density at radius 3 is 1.03 bits per heavy atom. The van der Waals surface area contributed by atoms with Gasteiger partial charge in [-0.25, -0.2) is 0 Å². The Morgan fingerprint density at radius 2 is 0.711 bits per heavy atom. The highest BCUT2D eigenvalue weighted by molar-refractivity contribution is 6.68. The number of benzene rings is 4. The Morgan fingerprint density at radius 1 is 0.395 bits per heavy atom.